The molecule has 2 aromatic rings. The number of amides is 1. The van der Waals surface area contributed by atoms with Crippen molar-refractivity contribution in [3.63, 3.8) is 0 Å². The zero-order valence-electron chi connectivity index (χ0n) is 13.0. The second-order valence-corrected chi connectivity index (χ2v) is 4.65. The summed E-state index contributed by atoms with van der Waals surface area (Å²) in [4.78, 5) is 12.1. The van der Waals surface area contributed by atoms with Crippen molar-refractivity contribution in [3.8, 4) is 11.5 Å². The van der Waals surface area contributed by atoms with Crippen LogP contribution >= 0.6 is 0 Å². The fourth-order valence-corrected chi connectivity index (χ4v) is 2.01. The SMILES string of the molecule is CCOc1cc(C=NNC(=O)c2ccccc2NC)ccc1O. The van der Waals surface area contributed by atoms with E-state index >= 15 is 0 Å². The number of hydrazone groups is 1. The van der Waals surface area contributed by atoms with Crippen LogP contribution in [0.4, 0.5) is 5.69 Å². The van der Waals surface area contributed by atoms with E-state index in [4.69, 9.17) is 4.74 Å². The molecule has 0 unspecified atom stereocenters. The van der Waals surface area contributed by atoms with Gasteiger partial charge in [0.1, 0.15) is 0 Å². The third-order valence-corrected chi connectivity index (χ3v) is 3.10. The van der Waals surface area contributed by atoms with Crippen LogP contribution in [0.5, 0.6) is 11.5 Å². The third kappa shape index (κ3) is 4.23. The largest absolute Gasteiger partial charge is 0.504 e. The molecule has 6 nitrogen and oxygen atoms in total. The minimum atomic E-state index is -0.310. The molecule has 1 amide bonds. The average Bonchev–Trinajstić information content (AvgIpc) is 2.57. The van der Waals surface area contributed by atoms with Crippen LogP contribution in [0.1, 0.15) is 22.8 Å². The number of ether oxygens (including phenoxy) is 1. The molecule has 0 aromatic heterocycles. The summed E-state index contributed by atoms with van der Waals surface area (Å²) in [7, 11) is 1.75. The van der Waals surface area contributed by atoms with Crippen molar-refractivity contribution in [2.75, 3.05) is 19.0 Å². The van der Waals surface area contributed by atoms with Gasteiger partial charge in [0.2, 0.25) is 0 Å². The molecular formula is C17H19N3O3. The molecule has 3 N–H and O–H groups in total. The molecule has 0 atom stereocenters. The first-order chi connectivity index (χ1) is 11.2. The first-order valence-corrected chi connectivity index (χ1v) is 7.21. The number of nitrogens with zero attached hydrogens (tertiary/aromatic N) is 1. The number of anilines is 1. The van der Waals surface area contributed by atoms with Crippen LogP contribution in [0.3, 0.4) is 0 Å². The molecule has 0 aliphatic carbocycles. The Morgan fingerprint density at radius 1 is 1.30 bits per heavy atom. The monoisotopic (exact) mass is 313 g/mol. The Bertz CT molecular complexity index is 714. The van der Waals surface area contributed by atoms with Crippen LogP contribution in [0.15, 0.2) is 47.6 Å². The van der Waals surface area contributed by atoms with E-state index < -0.39 is 0 Å². The summed E-state index contributed by atoms with van der Waals surface area (Å²) in [5.41, 5.74) is 4.41. The Morgan fingerprint density at radius 2 is 2.09 bits per heavy atom. The van der Waals surface area contributed by atoms with Crippen molar-refractivity contribution in [1.82, 2.24) is 5.43 Å². The number of phenols is 1. The van der Waals surface area contributed by atoms with Crippen molar-refractivity contribution < 1.29 is 14.6 Å². The summed E-state index contributed by atoms with van der Waals surface area (Å²) in [6.45, 7) is 2.28. The lowest BCUT2D eigenvalue weighted by Crippen LogP contribution is -2.18. The maximum atomic E-state index is 12.1. The highest BCUT2D eigenvalue weighted by Gasteiger charge is 2.08. The van der Waals surface area contributed by atoms with Gasteiger partial charge in [-0.25, -0.2) is 5.43 Å². The average molecular weight is 313 g/mol. The number of hydrogen-bond donors (Lipinski definition) is 3. The summed E-state index contributed by atoms with van der Waals surface area (Å²) in [5, 5.41) is 16.5. The molecule has 0 spiro atoms. The molecule has 0 saturated carbocycles. The summed E-state index contributed by atoms with van der Waals surface area (Å²) in [6.07, 6.45) is 1.49. The van der Waals surface area contributed by atoms with Crippen LogP contribution in [0.25, 0.3) is 0 Å². The number of hydrogen-bond acceptors (Lipinski definition) is 5. The fraction of sp³-hybridized carbons (Fsp3) is 0.176. The van der Waals surface area contributed by atoms with Crippen LogP contribution in [0.2, 0.25) is 0 Å². The standard InChI is InChI=1S/C17H19N3O3/c1-3-23-16-10-12(8-9-15(16)21)11-19-20-17(22)13-6-4-5-7-14(13)18-2/h4-11,18,21H,3H2,1-2H3,(H,20,22). The topological polar surface area (TPSA) is 83.0 Å². The Kier molecular flexibility index (Phi) is 5.57. The number of aromatic hydroxyl groups is 1. The smallest absolute Gasteiger partial charge is 0.273 e. The molecule has 0 saturated heterocycles. The summed E-state index contributed by atoms with van der Waals surface area (Å²) >= 11 is 0. The summed E-state index contributed by atoms with van der Waals surface area (Å²) in [5.74, 6) is 0.134. The zero-order valence-corrected chi connectivity index (χ0v) is 13.0. The number of carbonyl (C=O) groups is 1. The van der Waals surface area contributed by atoms with Crippen molar-refractivity contribution in [3.05, 3.63) is 53.6 Å². The molecule has 0 radical (unpaired) electrons. The van der Waals surface area contributed by atoms with Gasteiger partial charge in [0.25, 0.3) is 5.91 Å². The first-order valence-electron chi connectivity index (χ1n) is 7.21. The number of carbonyl (C=O) groups excluding carboxylic acids is 1. The third-order valence-electron chi connectivity index (χ3n) is 3.10. The van der Waals surface area contributed by atoms with Crippen molar-refractivity contribution in [2.45, 2.75) is 6.92 Å². The summed E-state index contributed by atoms with van der Waals surface area (Å²) in [6, 6.07) is 12.0. The number of benzene rings is 2. The molecule has 2 rings (SSSR count). The van der Waals surface area contributed by atoms with E-state index in [1.807, 2.05) is 19.1 Å². The van der Waals surface area contributed by atoms with Crippen LogP contribution in [-0.4, -0.2) is 30.9 Å². The summed E-state index contributed by atoms with van der Waals surface area (Å²) < 4.78 is 5.30. The maximum Gasteiger partial charge on any atom is 0.273 e. The van der Waals surface area contributed by atoms with Crippen molar-refractivity contribution in [1.29, 1.82) is 0 Å². The van der Waals surface area contributed by atoms with E-state index in [1.165, 1.54) is 12.3 Å². The Hall–Kier alpha value is -3.02. The quantitative estimate of drug-likeness (QED) is 0.565. The zero-order chi connectivity index (χ0) is 16.7. The van der Waals surface area contributed by atoms with E-state index in [9.17, 15) is 9.90 Å². The van der Waals surface area contributed by atoms with Gasteiger partial charge in [-0.05, 0) is 42.8 Å². The molecule has 23 heavy (non-hydrogen) atoms. The number of nitrogens with one attached hydrogen (secondary N) is 2. The van der Waals surface area contributed by atoms with Gasteiger partial charge in [-0.2, -0.15) is 5.10 Å². The van der Waals surface area contributed by atoms with E-state index in [2.05, 4.69) is 15.8 Å². The fourth-order valence-electron chi connectivity index (χ4n) is 2.01. The van der Waals surface area contributed by atoms with Gasteiger partial charge < -0.3 is 15.2 Å². The van der Waals surface area contributed by atoms with Gasteiger partial charge in [0.15, 0.2) is 11.5 Å². The lowest BCUT2D eigenvalue weighted by Gasteiger charge is -2.07. The minimum absolute atomic E-state index is 0.0657. The second kappa shape index (κ2) is 7.84. The number of phenolic OH excluding ortho intramolecular Hbond substituents is 1. The predicted molar refractivity (Wildman–Crippen MR) is 90.3 cm³/mol. The van der Waals surface area contributed by atoms with Gasteiger partial charge in [0, 0.05) is 12.7 Å². The van der Waals surface area contributed by atoms with Crippen LogP contribution in [0, 0.1) is 0 Å². The van der Waals surface area contributed by atoms with E-state index in [0.717, 1.165) is 5.69 Å². The van der Waals surface area contributed by atoms with E-state index in [1.54, 1.807) is 31.3 Å². The molecule has 0 aliphatic rings. The number of para-hydroxylation sites is 1. The first kappa shape index (κ1) is 16.4. The molecule has 0 heterocycles. The predicted octanol–water partition coefficient (Wildman–Crippen LogP) is 2.60. The minimum Gasteiger partial charge on any atom is -0.504 e. The molecule has 2 aromatic carbocycles. The normalized spacial score (nSPS) is 10.5. The highest BCUT2D eigenvalue weighted by Crippen LogP contribution is 2.26. The number of rotatable bonds is 6. The van der Waals surface area contributed by atoms with E-state index in [0.29, 0.717) is 23.5 Å². The lowest BCUT2D eigenvalue weighted by atomic mass is 10.1. The molecule has 0 aliphatic heterocycles. The van der Waals surface area contributed by atoms with Gasteiger partial charge >= 0.3 is 0 Å². The lowest BCUT2D eigenvalue weighted by molar-refractivity contribution is 0.0956. The Balaban J connectivity index is 2.06. The van der Waals surface area contributed by atoms with Crippen LogP contribution in [-0.2, 0) is 0 Å². The van der Waals surface area contributed by atoms with Crippen LogP contribution < -0.4 is 15.5 Å². The molecular weight excluding hydrogens is 294 g/mol. The van der Waals surface area contributed by atoms with Gasteiger partial charge in [0.05, 0.1) is 18.4 Å². The van der Waals surface area contributed by atoms with Crippen molar-refractivity contribution >= 4 is 17.8 Å². The highest BCUT2D eigenvalue weighted by atomic mass is 16.5. The van der Waals surface area contributed by atoms with Crippen molar-refractivity contribution in [2.24, 2.45) is 5.10 Å². The Labute approximate surface area is 134 Å². The molecule has 0 fully saturated rings. The molecule has 120 valence electrons. The van der Waals surface area contributed by atoms with Gasteiger partial charge in [-0.1, -0.05) is 12.1 Å². The molecule has 6 heteroatoms. The van der Waals surface area contributed by atoms with Gasteiger partial charge in [-0.3, -0.25) is 4.79 Å². The van der Waals surface area contributed by atoms with E-state index in [-0.39, 0.29) is 11.7 Å². The molecule has 0 bridgehead atoms. The highest BCUT2D eigenvalue weighted by molar-refractivity contribution is 5.99. The van der Waals surface area contributed by atoms with Gasteiger partial charge in [-0.15, -0.1) is 0 Å². The Morgan fingerprint density at radius 3 is 2.83 bits per heavy atom. The maximum absolute atomic E-state index is 12.1. The second-order valence-electron chi connectivity index (χ2n) is 4.65.